The first-order valence-corrected chi connectivity index (χ1v) is 7.85. The monoisotopic (exact) mass is 313 g/mol. The van der Waals surface area contributed by atoms with Crippen molar-refractivity contribution in [3.05, 3.63) is 66.2 Å². The highest BCUT2D eigenvalue weighted by Crippen LogP contribution is 2.18. The average Bonchev–Trinajstić information content (AvgIpc) is 2.53. The van der Waals surface area contributed by atoms with Crippen LogP contribution in [-0.4, -0.2) is 28.8 Å². The van der Waals surface area contributed by atoms with E-state index >= 15 is 0 Å². The highest BCUT2D eigenvalue weighted by Gasteiger charge is 2.09. The van der Waals surface area contributed by atoms with Crippen molar-refractivity contribution in [1.29, 1.82) is 0 Å². The normalized spacial score (nSPS) is 11.2. The van der Waals surface area contributed by atoms with Gasteiger partial charge in [-0.05, 0) is 17.7 Å². The summed E-state index contributed by atoms with van der Waals surface area (Å²) in [5.74, 6) is -1.22. The zero-order valence-electron chi connectivity index (χ0n) is 12.3. The fourth-order valence-electron chi connectivity index (χ4n) is 1.89. The van der Waals surface area contributed by atoms with Crippen molar-refractivity contribution < 1.29 is 9.90 Å². The van der Waals surface area contributed by atoms with Crippen LogP contribution in [0.1, 0.15) is 5.56 Å². The number of thioether (sulfide) groups is 1. The summed E-state index contributed by atoms with van der Waals surface area (Å²) in [5.41, 5.74) is 1.93. The number of rotatable bonds is 5. The van der Waals surface area contributed by atoms with Crippen LogP contribution in [0.15, 0.2) is 65.7 Å². The topological polar surface area (TPSA) is 55.7 Å². The molecular formula is C17H17N2O2S-. The molecule has 0 bridgehead atoms. The molecule has 22 heavy (non-hydrogen) atoms. The molecule has 0 aliphatic rings. The van der Waals surface area contributed by atoms with E-state index in [0.29, 0.717) is 11.7 Å². The minimum Gasteiger partial charge on any atom is -0.549 e. The molecule has 5 heteroatoms. The third kappa shape index (κ3) is 5.26. The molecule has 0 heterocycles. The summed E-state index contributed by atoms with van der Waals surface area (Å²) in [6.45, 7) is 0.659. The first kappa shape index (κ1) is 16.1. The number of amidine groups is 1. The van der Waals surface area contributed by atoms with Gasteiger partial charge in [-0.15, -0.1) is 0 Å². The Bertz CT molecular complexity index is 630. The summed E-state index contributed by atoms with van der Waals surface area (Å²) in [7, 11) is 1.90. The maximum absolute atomic E-state index is 10.7. The lowest BCUT2D eigenvalue weighted by atomic mass is 10.2. The van der Waals surface area contributed by atoms with Crippen LogP contribution >= 0.6 is 11.8 Å². The Morgan fingerprint density at radius 2 is 1.68 bits per heavy atom. The zero-order chi connectivity index (χ0) is 15.8. The van der Waals surface area contributed by atoms with Crippen molar-refractivity contribution in [2.45, 2.75) is 6.54 Å². The van der Waals surface area contributed by atoms with Crippen molar-refractivity contribution in [3.63, 3.8) is 0 Å². The lowest BCUT2D eigenvalue weighted by molar-refractivity contribution is -0.301. The van der Waals surface area contributed by atoms with Gasteiger partial charge in [0.05, 0.1) is 11.7 Å². The summed E-state index contributed by atoms with van der Waals surface area (Å²) in [6.07, 6.45) is 0. The molecule has 4 nitrogen and oxygen atoms in total. The molecule has 2 aromatic rings. The number of benzene rings is 2. The van der Waals surface area contributed by atoms with Gasteiger partial charge < -0.3 is 14.8 Å². The van der Waals surface area contributed by atoms with Gasteiger partial charge in [0.25, 0.3) is 0 Å². The van der Waals surface area contributed by atoms with Crippen molar-refractivity contribution in [2.24, 2.45) is 4.99 Å². The molecule has 0 saturated carbocycles. The first-order valence-electron chi connectivity index (χ1n) is 6.86. The Balaban J connectivity index is 2.16. The third-order valence-corrected chi connectivity index (χ3v) is 3.93. The van der Waals surface area contributed by atoms with Crippen molar-refractivity contribution in [2.75, 3.05) is 12.8 Å². The number of aliphatic imine (C=N–C) groups is 1. The van der Waals surface area contributed by atoms with E-state index in [1.165, 1.54) is 11.8 Å². The Morgan fingerprint density at radius 1 is 1.09 bits per heavy atom. The number of hydrogen-bond donors (Lipinski definition) is 0. The molecule has 0 spiro atoms. The average molecular weight is 313 g/mol. The molecule has 0 N–H and O–H groups in total. The molecule has 2 aromatic carbocycles. The van der Waals surface area contributed by atoms with E-state index in [1.54, 1.807) is 0 Å². The summed E-state index contributed by atoms with van der Waals surface area (Å²) >= 11 is 1.17. The molecular weight excluding hydrogens is 296 g/mol. The van der Waals surface area contributed by atoms with Crippen LogP contribution in [0.2, 0.25) is 0 Å². The highest BCUT2D eigenvalue weighted by molar-refractivity contribution is 8.14. The Hall–Kier alpha value is -2.27. The molecule has 0 radical (unpaired) electrons. The SMILES string of the molecule is CN(Cc1ccccc1)C(=Nc1ccccc1)SCC(=O)[O-]. The number of carboxylic acid groups (broad SMARTS) is 1. The third-order valence-electron chi connectivity index (χ3n) is 2.89. The summed E-state index contributed by atoms with van der Waals surface area (Å²) < 4.78 is 0. The van der Waals surface area contributed by atoms with Gasteiger partial charge in [0.1, 0.15) is 0 Å². The van der Waals surface area contributed by atoms with Gasteiger partial charge in [0, 0.05) is 19.3 Å². The molecule has 0 amide bonds. The van der Waals surface area contributed by atoms with Crippen LogP contribution < -0.4 is 5.11 Å². The van der Waals surface area contributed by atoms with Gasteiger partial charge in [-0.3, -0.25) is 0 Å². The largest absolute Gasteiger partial charge is 0.549 e. The molecule has 0 aliphatic carbocycles. The van der Waals surface area contributed by atoms with E-state index in [0.717, 1.165) is 11.3 Å². The minimum absolute atomic E-state index is 0.120. The maximum Gasteiger partial charge on any atom is 0.164 e. The van der Waals surface area contributed by atoms with E-state index in [-0.39, 0.29) is 5.75 Å². The molecule has 114 valence electrons. The number of carbonyl (C=O) groups excluding carboxylic acids is 1. The standard InChI is InChI=1S/C17H18N2O2S/c1-19(12-14-8-4-2-5-9-14)17(22-13-16(20)21)18-15-10-6-3-7-11-15/h2-11H,12-13H2,1H3,(H,20,21)/p-1. The maximum atomic E-state index is 10.7. The number of carboxylic acids is 1. The molecule has 0 saturated heterocycles. The number of hydrogen-bond acceptors (Lipinski definition) is 4. The Morgan fingerprint density at radius 3 is 2.27 bits per heavy atom. The summed E-state index contributed by atoms with van der Waals surface area (Å²) in [5, 5.41) is 11.4. The fraction of sp³-hybridized carbons (Fsp3) is 0.176. The lowest BCUT2D eigenvalue weighted by Gasteiger charge is -2.21. The Labute approximate surface area is 134 Å². The number of carbonyl (C=O) groups is 1. The van der Waals surface area contributed by atoms with Gasteiger partial charge in [0.15, 0.2) is 5.17 Å². The van der Waals surface area contributed by atoms with E-state index in [2.05, 4.69) is 4.99 Å². The van der Waals surface area contributed by atoms with Gasteiger partial charge in [-0.1, -0.05) is 60.3 Å². The van der Waals surface area contributed by atoms with Crippen LogP contribution in [0.25, 0.3) is 0 Å². The second kappa shape index (κ2) is 8.24. The van der Waals surface area contributed by atoms with Crippen molar-refractivity contribution in [1.82, 2.24) is 4.90 Å². The summed E-state index contributed by atoms with van der Waals surface area (Å²) in [4.78, 5) is 17.2. The second-order valence-electron chi connectivity index (χ2n) is 4.73. The van der Waals surface area contributed by atoms with Gasteiger partial charge in [-0.2, -0.15) is 0 Å². The molecule has 0 aliphatic heterocycles. The number of nitrogens with zero attached hydrogens (tertiary/aromatic N) is 2. The minimum atomic E-state index is -1.10. The molecule has 0 atom stereocenters. The number of para-hydroxylation sites is 1. The molecule has 0 fully saturated rings. The molecule has 0 unspecified atom stereocenters. The fourth-order valence-corrected chi connectivity index (χ4v) is 2.59. The summed E-state index contributed by atoms with van der Waals surface area (Å²) in [6, 6.07) is 19.5. The second-order valence-corrected chi connectivity index (χ2v) is 5.67. The smallest absolute Gasteiger partial charge is 0.164 e. The predicted octanol–water partition coefficient (Wildman–Crippen LogP) is 2.29. The van der Waals surface area contributed by atoms with E-state index < -0.39 is 5.97 Å². The van der Waals surface area contributed by atoms with Gasteiger partial charge >= 0.3 is 0 Å². The predicted molar refractivity (Wildman–Crippen MR) is 88.9 cm³/mol. The zero-order valence-corrected chi connectivity index (χ0v) is 13.1. The van der Waals surface area contributed by atoms with E-state index in [9.17, 15) is 9.90 Å². The van der Waals surface area contributed by atoms with Crippen molar-refractivity contribution >= 4 is 28.6 Å². The van der Waals surface area contributed by atoms with Crippen LogP contribution in [0.4, 0.5) is 5.69 Å². The molecule has 0 aromatic heterocycles. The van der Waals surface area contributed by atoms with E-state index in [1.807, 2.05) is 72.6 Å². The van der Waals surface area contributed by atoms with Crippen LogP contribution in [0, 0.1) is 0 Å². The van der Waals surface area contributed by atoms with Crippen LogP contribution in [0.5, 0.6) is 0 Å². The van der Waals surface area contributed by atoms with E-state index in [4.69, 9.17) is 0 Å². The van der Waals surface area contributed by atoms with Gasteiger partial charge in [-0.25, -0.2) is 4.99 Å². The highest BCUT2D eigenvalue weighted by atomic mass is 32.2. The first-order chi connectivity index (χ1) is 10.6. The lowest BCUT2D eigenvalue weighted by Crippen LogP contribution is -2.29. The number of aliphatic carboxylic acids is 1. The molecule has 2 rings (SSSR count). The quantitative estimate of drug-likeness (QED) is 0.628. The van der Waals surface area contributed by atoms with Gasteiger partial charge in [0.2, 0.25) is 0 Å². The van der Waals surface area contributed by atoms with Crippen LogP contribution in [-0.2, 0) is 11.3 Å². The van der Waals surface area contributed by atoms with Crippen molar-refractivity contribution in [3.8, 4) is 0 Å². The van der Waals surface area contributed by atoms with Crippen LogP contribution in [0.3, 0.4) is 0 Å². The Kier molecular flexibility index (Phi) is 6.03.